The lowest BCUT2D eigenvalue weighted by Gasteiger charge is -2.10. The van der Waals surface area contributed by atoms with Gasteiger partial charge in [0.1, 0.15) is 0 Å². The summed E-state index contributed by atoms with van der Waals surface area (Å²) < 4.78 is 0. The van der Waals surface area contributed by atoms with Crippen LogP contribution in [0.25, 0.3) is 11.1 Å². The number of carboxylic acid groups (broad SMARTS) is 2. The third-order valence-electron chi connectivity index (χ3n) is 3.05. The average molecular weight is 292 g/mol. The highest BCUT2D eigenvalue weighted by molar-refractivity contribution is 6.02. The number of hydrogen-bond acceptors (Lipinski definition) is 4. The van der Waals surface area contributed by atoms with Crippen LogP contribution in [0.15, 0.2) is 36.4 Å². The van der Waals surface area contributed by atoms with Gasteiger partial charge < -0.3 is 10.2 Å². The average Bonchev–Trinajstić information content (AvgIpc) is 2.53. The Balaban J connectivity index is 2.86. The van der Waals surface area contributed by atoms with Crippen molar-refractivity contribution in [2.45, 2.75) is 0 Å². The lowest BCUT2D eigenvalue weighted by Crippen LogP contribution is -2.05. The Bertz CT molecular complexity index is 799. The van der Waals surface area contributed by atoms with Crippen LogP contribution < -0.4 is 0 Å². The first-order valence-corrected chi connectivity index (χ1v) is 6.03. The number of nitrogens with zero attached hydrogens (tertiary/aromatic N) is 2. The Morgan fingerprint density at radius 2 is 1.14 bits per heavy atom. The zero-order chi connectivity index (χ0) is 16.3. The molecule has 2 rings (SSSR count). The fourth-order valence-electron chi connectivity index (χ4n) is 2.05. The molecule has 0 heterocycles. The first-order chi connectivity index (χ1) is 10.5. The van der Waals surface area contributed by atoms with Gasteiger partial charge in [-0.25, -0.2) is 9.59 Å². The van der Waals surface area contributed by atoms with Crippen LogP contribution in [-0.4, -0.2) is 22.2 Å². The first-order valence-electron chi connectivity index (χ1n) is 6.03. The highest BCUT2D eigenvalue weighted by atomic mass is 16.4. The molecule has 0 amide bonds. The van der Waals surface area contributed by atoms with Gasteiger partial charge in [0, 0.05) is 0 Å². The summed E-state index contributed by atoms with van der Waals surface area (Å²) in [5.74, 6) is -2.50. The number of carbonyl (C=O) groups is 2. The van der Waals surface area contributed by atoms with E-state index in [2.05, 4.69) is 0 Å². The van der Waals surface area contributed by atoms with Crippen molar-refractivity contribution in [2.24, 2.45) is 0 Å². The molecule has 2 aromatic rings. The van der Waals surface area contributed by atoms with E-state index in [1.807, 2.05) is 12.1 Å². The second-order valence-corrected chi connectivity index (χ2v) is 4.35. The monoisotopic (exact) mass is 292 g/mol. The lowest BCUT2D eigenvalue weighted by molar-refractivity contribution is 0.0684. The summed E-state index contributed by atoms with van der Waals surface area (Å²) in [5, 5.41) is 36.4. The van der Waals surface area contributed by atoms with Gasteiger partial charge in [0.15, 0.2) is 0 Å². The van der Waals surface area contributed by atoms with Crippen molar-refractivity contribution in [3.8, 4) is 23.3 Å². The molecule has 0 aliphatic rings. The summed E-state index contributed by atoms with van der Waals surface area (Å²) in [4.78, 5) is 22.7. The molecule has 0 saturated carbocycles. The van der Waals surface area contributed by atoms with Crippen LogP contribution in [0.2, 0.25) is 0 Å². The fraction of sp³-hybridized carbons (Fsp3) is 0. The maximum Gasteiger partial charge on any atom is 0.336 e. The fourth-order valence-corrected chi connectivity index (χ4v) is 2.05. The maximum atomic E-state index is 11.3. The van der Waals surface area contributed by atoms with Gasteiger partial charge in [-0.3, -0.25) is 0 Å². The highest BCUT2D eigenvalue weighted by Gasteiger charge is 2.19. The number of rotatable bonds is 3. The normalized spacial score (nSPS) is 9.55. The molecule has 106 valence electrons. The van der Waals surface area contributed by atoms with E-state index in [1.165, 1.54) is 36.4 Å². The van der Waals surface area contributed by atoms with E-state index in [-0.39, 0.29) is 33.4 Å². The summed E-state index contributed by atoms with van der Waals surface area (Å²) in [6, 6.07) is 11.5. The van der Waals surface area contributed by atoms with Crippen LogP contribution in [0.5, 0.6) is 0 Å². The molecule has 22 heavy (non-hydrogen) atoms. The molecule has 0 aromatic heterocycles. The summed E-state index contributed by atoms with van der Waals surface area (Å²) >= 11 is 0. The minimum absolute atomic E-state index is 0.0843. The van der Waals surface area contributed by atoms with Crippen molar-refractivity contribution in [2.75, 3.05) is 0 Å². The Morgan fingerprint density at radius 3 is 1.41 bits per heavy atom. The standard InChI is InChI=1S/C16H8N2O4/c17-7-9-1-3-11(15(19)20)13(5-9)14-6-10(8-18)2-4-12(14)16(21)22/h1-6H,(H,19,20)(H,21,22). The molecule has 0 aliphatic heterocycles. The van der Waals surface area contributed by atoms with Gasteiger partial charge in [-0.1, -0.05) is 0 Å². The summed E-state index contributed by atoms with van der Waals surface area (Å²) in [7, 11) is 0. The number of nitriles is 2. The van der Waals surface area contributed by atoms with Crippen LogP contribution >= 0.6 is 0 Å². The van der Waals surface area contributed by atoms with Crippen molar-refractivity contribution in [3.05, 3.63) is 58.7 Å². The van der Waals surface area contributed by atoms with E-state index in [0.29, 0.717) is 0 Å². The molecular weight excluding hydrogens is 284 g/mol. The number of carboxylic acids is 2. The molecule has 6 heteroatoms. The van der Waals surface area contributed by atoms with Crippen LogP contribution in [-0.2, 0) is 0 Å². The van der Waals surface area contributed by atoms with Crippen molar-refractivity contribution in [3.63, 3.8) is 0 Å². The molecule has 0 atom stereocenters. The molecule has 0 saturated heterocycles. The van der Waals surface area contributed by atoms with Gasteiger partial charge in [-0.2, -0.15) is 10.5 Å². The maximum absolute atomic E-state index is 11.3. The van der Waals surface area contributed by atoms with E-state index < -0.39 is 11.9 Å². The number of hydrogen-bond donors (Lipinski definition) is 2. The van der Waals surface area contributed by atoms with Gasteiger partial charge in [0.25, 0.3) is 0 Å². The van der Waals surface area contributed by atoms with Crippen molar-refractivity contribution < 1.29 is 19.8 Å². The predicted octanol–water partition coefficient (Wildman–Crippen LogP) is 2.49. The molecule has 0 fully saturated rings. The minimum Gasteiger partial charge on any atom is -0.478 e. The molecule has 6 nitrogen and oxygen atoms in total. The van der Waals surface area contributed by atoms with E-state index in [0.717, 1.165) is 0 Å². The topological polar surface area (TPSA) is 122 Å². The Hall–Kier alpha value is -3.64. The SMILES string of the molecule is N#Cc1ccc(C(=O)O)c(-c2cc(C#N)ccc2C(=O)O)c1. The van der Waals surface area contributed by atoms with E-state index >= 15 is 0 Å². The molecule has 2 aromatic carbocycles. The summed E-state index contributed by atoms with van der Waals surface area (Å²) in [6.07, 6.45) is 0. The molecule has 0 aliphatic carbocycles. The van der Waals surface area contributed by atoms with Crippen molar-refractivity contribution >= 4 is 11.9 Å². The zero-order valence-electron chi connectivity index (χ0n) is 11.1. The smallest absolute Gasteiger partial charge is 0.336 e. The third-order valence-corrected chi connectivity index (χ3v) is 3.05. The second-order valence-electron chi connectivity index (χ2n) is 4.35. The van der Waals surface area contributed by atoms with Gasteiger partial charge in [0.2, 0.25) is 0 Å². The van der Waals surface area contributed by atoms with Gasteiger partial charge in [-0.05, 0) is 47.5 Å². The third kappa shape index (κ3) is 2.62. The molecule has 0 unspecified atom stereocenters. The highest BCUT2D eigenvalue weighted by Crippen LogP contribution is 2.29. The van der Waals surface area contributed by atoms with Crippen LogP contribution in [0.3, 0.4) is 0 Å². The Labute approximate surface area is 125 Å². The molecular formula is C16H8N2O4. The van der Waals surface area contributed by atoms with E-state index in [9.17, 15) is 19.8 Å². The number of benzene rings is 2. The van der Waals surface area contributed by atoms with Gasteiger partial charge >= 0.3 is 11.9 Å². The summed E-state index contributed by atoms with van der Waals surface area (Å²) in [5.41, 5.74) is 0.271. The number of aromatic carboxylic acids is 2. The zero-order valence-corrected chi connectivity index (χ0v) is 11.1. The lowest BCUT2D eigenvalue weighted by atomic mass is 9.92. The van der Waals surface area contributed by atoms with Gasteiger partial charge in [-0.15, -0.1) is 0 Å². The van der Waals surface area contributed by atoms with Crippen LogP contribution in [0.1, 0.15) is 31.8 Å². The first kappa shape index (κ1) is 14.8. The molecule has 0 spiro atoms. The van der Waals surface area contributed by atoms with E-state index in [4.69, 9.17) is 10.5 Å². The quantitative estimate of drug-likeness (QED) is 0.896. The summed E-state index contributed by atoms with van der Waals surface area (Å²) in [6.45, 7) is 0. The molecule has 2 N–H and O–H groups in total. The molecule has 0 radical (unpaired) electrons. The predicted molar refractivity (Wildman–Crippen MR) is 75.2 cm³/mol. The van der Waals surface area contributed by atoms with Crippen molar-refractivity contribution in [1.82, 2.24) is 0 Å². The minimum atomic E-state index is -1.25. The Morgan fingerprint density at radius 1 is 0.773 bits per heavy atom. The van der Waals surface area contributed by atoms with Crippen LogP contribution in [0, 0.1) is 22.7 Å². The molecule has 0 bridgehead atoms. The van der Waals surface area contributed by atoms with Crippen molar-refractivity contribution in [1.29, 1.82) is 10.5 Å². The van der Waals surface area contributed by atoms with Crippen LogP contribution in [0.4, 0.5) is 0 Å². The largest absolute Gasteiger partial charge is 0.478 e. The van der Waals surface area contributed by atoms with Gasteiger partial charge in [0.05, 0.1) is 34.4 Å². The van der Waals surface area contributed by atoms with E-state index in [1.54, 1.807) is 0 Å². The Kier molecular flexibility index (Phi) is 3.88. The second kappa shape index (κ2) is 5.78.